The Morgan fingerprint density at radius 1 is 1.29 bits per heavy atom. The number of aromatic amines is 1. The standard InChI is InChI=1S/C12H14N4O/c17-12(16-9-11-14-7-8-15-11)2-1-10-3-5-13-6-4-10/h3-8H,1-2,9H2,(H,14,15)(H,16,17). The van der Waals surface area contributed by atoms with Gasteiger partial charge in [-0.15, -0.1) is 0 Å². The Morgan fingerprint density at radius 3 is 2.82 bits per heavy atom. The third-order valence-electron chi connectivity index (χ3n) is 2.40. The molecule has 2 N–H and O–H groups in total. The van der Waals surface area contributed by atoms with Gasteiger partial charge in [-0.3, -0.25) is 9.78 Å². The zero-order valence-corrected chi connectivity index (χ0v) is 9.39. The Bertz CT molecular complexity index is 453. The lowest BCUT2D eigenvalue weighted by atomic mass is 10.1. The molecule has 0 bridgehead atoms. The first-order valence-corrected chi connectivity index (χ1v) is 5.48. The lowest BCUT2D eigenvalue weighted by Crippen LogP contribution is -2.23. The highest BCUT2D eigenvalue weighted by atomic mass is 16.1. The van der Waals surface area contributed by atoms with Crippen LogP contribution in [0.5, 0.6) is 0 Å². The lowest BCUT2D eigenvalue weighted by Gasteiger charge is -2.03. The van der Waals surface area contributed by atoms with E-state index in [-0.39, 0.29) is 5.91 Å². The molecule has 1 amide bonds. The van der Waals surface area contributed by atoms with Gasteiger partial charge in [0.2, 0.25) is 5.91 Å². The monoisotopic (exact) mass is 230 g/mol. The lowest BCUT2D eigenvalue weighted by molar-refractivity contribution is -0.121. The molecule has 17 heavy (non-hydrogen) atoms. The molecule has 0 aliphatic heterocycles. The van der Waals surface area contributed by atoms with Crippen LogP contribution in [0.2, 0.25) is 0 Å². The van der Waals surface area contributed by atoms with E-state index in [9.17, 15) is 4.79 Å². The van der Waals surface area contributed by atoms with Crippen molar-refractivity contribution in [2.75, 3.05) is 0 Å². The molecule has 2 aromatic rings. The molecular formula is C12H14N4O. The van der Waals surface area contributed by atoms with Crippen molar-refractivity contribution in [3.8, 4) is 0 Å². The number of aromatic nitrogens is 3. The highest BCUT2D eigenvalue weighted by Gasteiger charge is 2.02. The van der Waals surface area contributed by atoms with Crippen LogP contribution in [0, 0.1) is 0 Å². The highest BCUT2D eigenvalue weighted by molar-refractivity contribution is 5.76. The average Bonchev–Trinajstić information content (AvgIpc) is 2.88. The summed E-state index contributed by atoms with van der Waals surface area (Å²) in [5.74, 6) is 0.792. The number of pyridine rings is 1. The Hall–Kier alpha value is -2.17. The van der Waals surface area contributed by atoms with E-state index in [1.807, 2.05) is 12.1 Å². The summed E-state index contributed by atoms with van der Waals surface area (Å²) in [6.07, 6.45) is 8.07. The Balaban J connectivity index is 1.71. The molecule has 88 valence electrons. The summed E-state index contributed by atoms with van der Waals surface area (Å²) in [4.78, 5) is 22.4. The number of amides is 1. The van der Waals surface area contributed by atoms with Crippen molar-refractivity contribution >= 4 is 5.91 Å². The first kappa shape index (κ1) is 11.3. The molecule has 2 heterocycles. The van der Waals surface area contributed by atoms with E-state index in [2.05, 4.69) is 20.3 Å². The quantitative estimate of drug-likeness (QED) is 0.806. The van der Waals surface area contributed by atoms with Gasteiger partial charge >= 0.3 is 0 Å². The predicted octanol–water partition coefficient (Wildman–Crippen LogP) is 1.05. The summed E-state index contributed by atoms with van der Waals surface area (Å²) < 4.78 is 0. The molecule has 0 unspecified atom stereocenters. The van der Waals surface area contributed by atoms with Gasteiger partial charge in [0.25, 0.3) is 0 Å². The molecule has 0 aliphatic rings. The van der Waals surface area contributed by atoms with E-state index in [0.29, 0.717) is 13.0 Å². The number of imidazole rings is 1. The summed E-state index contributed by atoms with van der Waals surface area (Å²) in [7, 11) is 0. The summed E-state index contributed by atoms with van der Waals surface area (Å²) in [5, 5.41) is 2.81. The number of carbonyl (C=O) groups is 1. The van der Waals surface area contributed by atoms with Crippen molar-refractivity contribution in [3.63, 3.8) is 0 Å². The number of H-pyrrole nitrogens is 1. The number of nitrogens with zero attached hydrogens (tertiary/aromatic N) is 2. The van der Waals surface area contributed by atoms with Crippen LogP contribution >= 0.6 is 0 Å². The van der Waals surface area contributed by atoms with Crippen LogP contribution in [0.3, 0.4) is 0 Å². The van der Waals surface area contributed by atoms with Gasteiger partial charge in [0.1, 0.15) is 5.82 Å². The Labute approximate surface area is 99.3 Å². The van der Waals surface area contributed by atoms with Crippen LogP contribution in [0.1, 0.15) is 17.8 Å². The molecular weight excluding hydrogens is 216 g/mol. The van der Waals surface area contributed by atoms with Crippen LogP contribution < -0.4 is 5.32 Å². The minimum Gasteiger partial charge on any atom is -0.349 e. The molecule has 2 rings (SSSR count). The van der Waals surface area contributed by atoms with Crippen molar-refractivity contribution < 1.29 is 4.79 Å². The first-order chi connectivity index (χ1) is 8.34. The number of rotatable bonds is 5. The third-order valence-corrected chi connectivity index (χ3v) is 2.40. The Kier molecular flexibility index (Phi) is 3.85. The van der Waals surface area contributed by atoms with E-state index >= 15 is 0 Å². The molecule has 0 radical (unpaired) electrons. The zero-order chi connectivity index (χ0) is 11.9. The minimum atomic E-state index is 0.0261. The molecule has 0 saturated heterocycles. The van der Waals surface area contributed by atoms with Crippen LogP contribution in [-0.2, 0) is 17.8 Å². The third kappa shape index (κ3) is 3.71. The van der Waals surface area contributed by atoms with E-state index < -0.39 is 0 Å². The van der Waals surface area contributed by atoms with E-state index in [4.69, 9.17) is 0 Å². The summed E-state index contributed by atoms with van der Waals surface area (Å²) in [6, 6.07) is 3.83. The van der Waals surface area contributed by atoms with Gasteiger partial charge in [-0.05, 0) is 24.1 Å². The summed E-state index contributed by atoms with van der Waals surface area (Å²) in [5.41, 5.74) is 1.12. The normalized spacial score (nSPS) is 10.1. The average molecular weight is 230 g/mol. The maximum absolute atomic E-state index is 11.5. The fourth-order valence-electron chi connectivity index (χ4n) is 1.47. The topological polar surface area (TPSA) is 70.7 Å². The second-order valence-corrected chi connectivity index (χ2v) is 3.67. The SMILES string of the molecule is O=C(CCc1ccncc1)NCc1ncc[nH]1. The molecule has 0 spiro atoms. The fraction of sp³-hybridized carbons (Fsp3) is 0.250. The molecule has 0 atom stereocenters. The van der Waals surface area contributed by atoms with Crippen molar-refractivity contribution in [2.24, 2.45) is 0 Å². The van der Waals surface area contributed by atoms with Gasteiger partial charge in [-0.25, -0.2) is 4.98 Å². The summed E-state index contributed by atoms with van der Waals surface area (Å²) >= 11 is 0. The van der Waals surface area contributed by atoms with Crippen LogP contribution in [-0.4, -0.2) is 20.9 Å². The maximum atomic E-state index is 11.5. The largest absolute Gasteiger partial charge is 0.349 e. The van der Waals surface area contributed by atoms with Gasteiger partial charge in [0.15, 0.2) is 0 Å². The molecule has 0 fully saturated rings. The molecule has 5 heteroatoms. The van der Waals surface area contributed by atoms with E-state index in [0.717, 1.165) is 17.8 Å². The Morgan fingerprint density at radius 2 is 2.12 bits per heavy atom. The summed E-state index contributed by atoms with van der Waals surface area (Å²) in [6.45, 7) is 0.447. The van der Waals surface area contributed by atoms with Gasteiger partial charge < -0.3 is 10.3 Å². The van der Waals surface area contributed by atoms with Crippen molar-refractivity contribution in [2.45, 2.75) is 19.4 Å². The smallest absolute Gasteiger partial charge is 0.220 e. The van der Waals surface area contributed by atoms with Crippen molar-refractivity contribution in [1.82, 2.24) is 20.3 Å². The van der Waals surface area contributed by atoms with Gasteiger partial charge in [-0.1, -0.05) is 0 Å². The zero-order valence-electron chi connectivity index (χ0n) is 9.39. The fourth-order valence-corrected chi connectivity index (χ4v) is 1.47. The van der Waals surface area contributed by atoms with Crippen LogP contribution in [0.25, 0.3) is 0 Å². The van der Waals surface area contributed by atoms with Crippen molar-refractivity contribution in [1.29, 1.82) is 0 Å². The molecule has 5 nitrogen and oxygen atoms in total. The van der Waals surface area contributed by atoms with Gasteiger partial charge in [0, 0.05) is 31.2 Å². The second-order valence-electron chi connectivity index (χ2n) is 3.67. The first-order valence-electron chi connectivity index (χ1n) is 5.48. The van der Waals surface area contributed by atoms with E-state index in [1.165, 1.54) is 0 Å². The highest BCUT2D eigenvalue weighted by Crippen LogP contribution is 2.00. The number of hydrogen-bond donors (Lipinski definition) is 2. The predicted molar refractivity (Wildman–Crippen MR) is 63.0 cm³/mol. The van der Waals surface area contributed by atoms with Gasteiger partial charge in [0.05, 0.1) is 6.54 Å². The minimum absolute atomic E-state index is 0.0261. The number of aryl methyl sites for hydroxylation is 1. The molecule has 0 aliphatic carbocycles. The molecule has 0 aromatic carbocycles. The van der Waals surface area contributed by atoms with Crippen molar-refractivity contribution in [3.05, 3.63) is 48.3 Å². The number of nitrogens with one attached hydrogen (secondary N) is 2. The van der Waals surface area contributed by atoms with Crippen LogP contribution in [0.15, 0.2) is 36.9 Å². The van der Waals surface area contributed by atoms with Gasteiger partial charge in [-0.2, -0.15) is 0 Å². The van der Waals surface area contributed by atoms with E-state index in [1.54, 1.807) is 24.8 Å². The molecule has 2 aromatic heterocycles. The number of carbonyl (C=O) groups excluding carboxylic acids is 1. The molecule has 0 saturated carbocycles. The second kappa shape index (κ2) is 5.79. The maximum Gasteiger partial charge on any atom is 0.220 e. The number of hydrogen-bond acceptors (Lipinski definition) is 3. The van der Waals surface area contributed by atoms with Crippen LogP contribution in [0.4, 0.5) is 0 Å².